The van der Waals surface area contributed by atoms with E-state index in [9.17, 15) is 9.18 Å². The zero-order chi connectivity index (χ0) is 23.9. The third-order valence-corrected chi connectivity index (χ3v) is 6.72. The summed E-state index contributed by atoms with van der Waals surface area (Å²) in [7, 11) is 1.64. The van der Waals surface area contributed by atoms with E-state index in [0.717, 1.165) is 44.6 Å². The van der Waals surface area contributed by atoms with Gasteiger partial charge in [-0.2, -0.15) is 0 Å². The van der Waals surface area contributed by atoms with Gasteiger partial charge in [0.25, 0.3) is 5.91 Å². The molecule has 0 aliphatic carbocycles. The van der Waals surface area contributed by atoms with Gasteiger partial charge in [-0.3, -0.25) is 4.79 Å². The molecule has 1 amide bonds. The molecule has 5 aromatic rings. The summed E-state index contributed by atoms with van der Waals surface area (Å²) in [6, 6.07) is 29.9. The Bertz CT molecular complexity index is 1540. The van der Waals surface area contributed by atoms with E-state index in [1.165, 1.54) is 12.1 Å². The maximum Gasteiger partial charge on any atom is 0.255 e. The van der Waals surface area contributed by atoms with Crippen LogP contribution in [0.1, 0.15) is 33.1 Å². The van der Waals surface area contributed by atoms with Crippen LogP contribution in [0.3, 0.4) is 0 Å². The first kappa shape index (κ1) is 21.2. The first-order chi connectivity index (χ1) is 17.1. The second-order valence-electron chi connectivity index (χ2n) is 8.74. The number of nitrogens with one attached hydrogen (secondary N) is 1. The van der Waals surface area contributed by atoms with Crippen molar-refractivity contribution in [2.45, 2.75) is 12.6 Å². The molecule has 4 aromatic carbocycles. The molecule has 1 aromatic heterocycles. The number of nitrogens with zero attached hydrogens (tertiary/aromatic N) is 1. The number of halogens is 1. The van der Waals surface area contributed by atoms with Crippen LogP contribution in [0.2, 0.25) is 0 Å². The van der Waals surface area contributed by atoms with E-state index < -0.39 is 0 Å². The molecule has 0 saturated heterocycles. The van der Waals surface area contributed by atoms with Gasteiger partial charge in [-0.15, -0.1) is 0 Å². The van der Waals surface area contributed by atoms with Gasteiger partial charge in [-0.1, -0.05) is 48.5 Å². The summed E-state index contributed by atoms with van der Waals surface area (Å²) >= 11 is 0. The molecule has 35 heavy (non-hydrogen) atoms. The predicted molar refractivity (Wildman–Crippen MR) is 135 cm³/mol. The van der Waals surface area contributed by atoms with Gasteiger partial charge in [0.05, 0.1) is 18.8 Å². The largest absolute Gasteiger partial charge is 0.497 e. The fraction of sp³-hybridized carbons (Fsp3) is 0.100. The molecule has 6 rings (SSSR count). The van der Waals surface area contributed by atoms with E-state index in [4.69, 9.17) is 4.74 Å². The number of carbonyl (C=O) groups is 1. The Kier molecular flexibility index (Phi) is 5.10. The summed E-state index contributed by atoms with van der Waals surface area (Å²) < 4.78 is 19.0. The van der Waals surface area contributed by atoms with Crippen LogP contribution in [0.25, 0.3) is 22.2 Å². The van der Waals surface area contributed by atoms with Crippen LogP contribution in [-0.2, 0) is 6.54 Å². The van der Waals surface area contributed by atoms with Crippen molar-refractivity contribution < 1.29 is 13.9 Å². The number of ether oxygens (including phenoxy) is 1. The number of hydrogen-bond donors (Lipinski definition) is 1. The fourth-order valence-electron chi connectivity index (χ4n) is 5.06. The van der Waals surface area contributed by atoms with Crippen LogP contribution >= 0.6 is 0 Å². The lowest BCUT2D eigenvalue weighted by atomic mass is 9.93. The second-order valence-corrected chi connectivity index (χ2v) is 8.74. The Morgan fingerprint density at radius 1 is 0.886 bits per heavy atom. The zero-order valence-corrected chi connectivity index (χ0v) is 19.2. The molecule has 0 unspecified atom stereocenters. The van der Waals surface area contributed by atoms with Gasteiger partial charge in [-0.05, 0) is 65.2 Å². The number of methoxy groups -OCH3 is 1. The summed E-state index contributed by atoms with van der Waals surface area (Å²) in [6.07, 6.45) is 0. The highest BCUT2D eigenvalue weighted by atomic mass is 19.1. The van der Waals surface area contributed by atoms with Crippen molar-refractivity contribution in [1.82, 2.24) is 9.88 Å². The lowest BCUT2D eigenvalue weighted by Gasteiger charge is -2.27. The maximum atomic E-state index is 13.7. The van der Waals surface area contributed by atoms with Gasteiger partial charge in [0.1, 0.15) is 11.6 Å². The summed E-state index contributed by atoms with van der Waals surface area (Å²) in [5, 5.41) is 1.04. The van der Waals surface area contributed by atoms with Gasteiger partial charge in [0.2, 0.25) is 0 Å². The molecule has 0 fully saturated rings. The molecule has 1 aliphatic heterocycles. The van der Waals surface area contributed by atoms with Crippen LogP contribution in [0, 0.1) is 5.82 Å². The van der Waals surface area contributed by atoms with Gasteiger partial charge in [0.15, 0.2) is 0 Å². The number of fused-ring (bicyclic) bond motifs is 2. The summed E-state index contributed by atoms with van der Waals surface area (Å²) in [5.41, 5.74) is 6.45. The van der Waals surface area contributed by atoms with Crippen molar-refractivity contribution in [2.75, 3.05) is 7.11 Å². The van der Waals surface area contributed by atoms with Gasteiger partial charge >= 0.3 is 0 Å². The molecule has 1 atom stereocenters. The van der Waals surface area contributed by atoms with E-state index in [2.05, 4.69) is 11.1 Å². The average molecular weight is 463 g/mol. The van der Waals surface area contributed by atoms with Gasteiger partial charge in [-0.25, -0.2) is 4.39 Å². The number of carbonyl (C=O) groups excluding carboxylic acids is 1. The quantitative estimate of drug-likeness (QED) is 0.315. The lowest BCUT2D eigenvalue weighted by molar-refractivity contribution is 0.0737. The molecule has 1 N–H and O–H groups in total. The summed E-state index contributed by atoms with van der Waals surface area (Å²) in [5.74, 6) is 0.488. The van der Waals surface area contributed by atoms with Crippen molar-refractivity contribution in [3.63, 3.8) is 0 Å². The van der Waals surface area contributed by atoms with Crippen LogP contribution in [0.5, 0.6) is 5.75 Å². The second kappa shape index (κ2) is 8.44. The lowest BCUT2D eigenvalue weighted by Crippen LogP contribution is -2.28. The highest BCUT2D eigenvalue weighted by Crippen LogP contribution is 2.46. The van der Waals surface area contributed by atoms with E-state index >= 15 is 0 Å². The number of para-hydroxylation sites is 1. The highest BCUT2D eigenvalue weighted by molar-refractivity contribution is 6.02. The number of hydrogen-bond acceptors (Lipinski definition) is 2. The van der Waals surface area contributed by atoms with Gasteiger partial charge in [0, 0.05) is 28.6 Å². The van der Waals surface area contributed by atoms with Crippen LogP contribution in [0.4, 0.5) is 4.39 Å². The maximum absolute atomic E-state index is 13.7. The first-order valence-corrected chi connectivity index (χ1v) is 11.5. The van der Waals surface area contributed by atoms with Crippen molar-refractivity contribution in [2.24, 2.45) is 0 Å². The van der Waals surface area contributed by atoms with Crippen LogP contribution < -0.4 is 4.74 Å². The average Bonchev–Trinajstić information content (AvgIpc) is 3.40. The minimum Gasteiger partial charge on any atom is -0.497 e. The third kappa shape index (κ3) is 3.56. The Labute approximate surface area is 202 Å². The number of aromatic nitrogens is 1. The number of H-pyrrole nitrogens is 1. The van der Waals surface area contributed by atoms with Crippen molar-refractivity contribution in [3.8, 4) is 17.0 Å². The third-order valence-electron chi connectivity index (χ3n) is 6.72. The number of benzene rings is 4. The Balaban J connectivity index is 1.55. The fourth-order valence-corrected chi connectivity index (χ4v) is 5.06. The Hall–Kier alpha value is -4.38. The molecule has 0 radical (unpaired) electrons. The van der Waals surface area contributed by atoms with E-state index in [0.29, 0.717) is 12.1 Å². The summed E-state index contributed by atoms with van der Waals surface area (Å²) in [4.78, 5) is 19.2. The van der Waals surface area contributed by atoms with Crippen molar-refractivity contribution in [3.05, 3.63) is 125 Å². The minimum atomic E-state index is -0.294. The minimum absolute atomic E-state index is 0.00300. The SMILES string of the molecule is COc1ccc(CN2C(=O)c3ccccc3[C@@H]2c2c(-c3ccc(F)cc3)[nH]c3ccccc23)cc1. The topological polar surface area (TPSA) is 45.3 Å². The highest BCUT2D eigenvalue weighted by Gasteiger charge is 2.40. The zero-order valence-electron chi connectivity index (χ0n) is 19.2. The Morgan fingerprint density at radius 3 is 2.37 bits per heavy atom. The Morgan fingerprint density at radius 2 is 1.60 bits per heavy atom. The monoisotopic (exact) mass is 462 g/mol. The normalized spacial score (nSPS) is 15.0. The van der Waals surface area contributed by atoms with E-state index in [1.54, 1.807) is 19.2 Å². The summed E-state index contributed by atoms with van der Waals surface area (Å²) in [6.45, 7) is 0.449. The van der Waals surface area contributed by atoms with Crippen LogP contribution in [0.15, 0.2) is 97.1 Å². The number of amides is 1. The molecule has 5 heteroatoms. The molecular formula is C30H23FN2O2. The number of aromatic amines is 1. The van der Waals surface area contributed by atoms with Crippen molar-refractivity contribution in [1.29, 1.82) is 0 Å². The standard InChI is InChI=1S/C30H23FN2O2/c1-35-22-16-10-19(11-17-22)18-33-29(23-6-2-3-7-24(23)30(33)34)27-25-8-4-5-9-26(25)32-28(27)20-12-14-21(31)15-13-20/h2-17,29,32H,18H2,1H3/t29-/m1/s1. The molecule has 0 bridgehead atoms. The van der Waals surface area contributed by atoms with Gasteiger partial charge < -0.3 is 14.6 Å². The molecular weight excluding hydrogens is 439 g/mol. The van der Waals surface area contributed by atoms with Crippen molar-refractivity contribution >= 4 is 16.8 Å². The molecule has 4 nitrogen and oxygen atoms in total. The smallest absolute Gasteiger partial charge is 0.255 e. The number of rotatable bonds is 5. The molecule has 0 saturated carbocycles. The molecule has 172 valence electrons. The van der Waals surface area contributed by atoms with E-state index in [-0.39, 0.29) is 17.8 Å². The van der Waals surface area contributed by atoms with Crippen LogP contribution in [-0.4, -0.2) is 22.9 Å². The molecule has 1 aliphatic rings. The predicted octanol–water partition coefficient (Wildman–Crippen LogP) is 6.73. The molecule has 0 spiro atoms. The van der Waals surface area contributed by atoms with E-state index in [1.807, 2.05) is 71.6 Å². The molecule has 2 heterocycles. The first-order valence-electron chi connectivity index (χ1n) is 11.5.